The van der Waals surface area contributed by atoms with Gasteiger partial charge in [-0.05, 0) is 96.4 Å². The number of hydrogen-bond acceptors (Lipinski definition) is 9. The van der Waals surface area contributed by atoms with E-state index in [9.17, 15) is 18.0 Å². The van der Waals surface area contributed by atoms with Crippen molar-refractivity contribution in [2.24, 2.45) is 5.41 Å². The van der Waals surface area contributed by atoms with Crippen molar-refractivity contribution in [3.05, 3.63) is 65.6 Å². The molecule has 2 saturated heterocycles. The molecule has 10 nitrogen and oxygen atoms in total. The summed E-state index contributed by atoms with van der Waals surface area (Å²) in [7, 11) is 0. The highest BCUT2D eigenvalue weighted by atomic mass is 19.3. The van der Waals surface area contributed by atoms with E-state index in [1.807, 2.05) is 12.3 Å². The predicted molar refractivity (Wildman–Crippen MR) is 182 cm³/mol. The Labute approximate surface area is 291 Å². The van der Waals surface area contributed by atoms with Crippen LogP contribution in [-0.4, -0.2) is 106 Å². The molecule has 7 rings (SSSR count). The summed E-state index contributed by atoms with van der Waals surface area (Å²) in [5, 5.41) is 0. The van der Waals surface area contributed by atoms with Crippen LogP contribution in [0.4, 0.5) is 19.0 Å². The molecule has 1 aromatic carbocycles. The molecule has 3 fully saturated rings. The zero-order valence-electron chi connectivity index (χ0n) is 28.9. The molecule has 1 amide bonds. The Kier molecular flexibility index (Phi) is 10.1. The first-order chi connectivity index (χ1) is 24.2. The molecular formula is C37H46F3N7O3. The maximum Gasteiger partial charge on any atom is 0.258 e. The van der Waals surface area contributed by atoms with Crippen LogP contribution in [0.15, 0.2) is 43.0 Å². The van der Waals surface area contributed by atoms with Crippen LogP contribution in [0.2, 0.25) is 0 Å². The van der Waals surface area contributed by atoms with Crippen LogP contribution in [0.3, 0.4) is 0 Å². The Morgan fingerprint density at radius 2 is 1.80 bits per heavy atom. The van der Waals surface area contributed by atoms with Gasteiger partial charge in [0.15, 0.2) is 11.6 Å². The number of carbonyl (C=O) groups is 1. The largest absolute Gasteiger partial charge is 0.490 e. The maximum atomic E-state index is 14.3. The summed E-state index contributed by atoms with van der Waals surface area (Å²) in [5.41, 5.74) is 2.33. The molecule has 13 heteroatoms. The third-order valence-electron chi connectivity index (χ3n) is 10.5. The fourth-order valence-electron chi connectivity index (χ4n) is 7.96. The van der Waals surface area contributed by atoms with Crippen molar-refractivity contribution in [1.82, 2.24) is 29.7 Å². The first kappa shape index (κ1) is 34.5. The lowest BCUT2D eigenvalue weighted by Gasteiger charge is -2.59. The lowest BCUT2D eigenvalue weighted by molar-refractivity contribution is -0.0352. The molecule has 50 heavy (non-hydrogen) atoms. The number of ether oxygens (including phenoxy) is 2. The molecule has 3 aromatic rings. The fourth-order valence-corrected chi connectivity index (χ4v) is 7.96. The van der Waals surface area contributed by atoms with Gasteiger partial charge >= 0.3 is 0 Å². The third-order valence-corrected chi connectivity index (χ3v) is 10.5. The van der Waals surface area contributed by atoms with Crippen LogP contribution in [-0.2, 0) is 13.0 Å². The summed E-state index contributed by atoms with van der Waals surface area (Å²) >= 11 is 0. The summed E-state index contributed by atoms with van der Waals surface area (Å²) in [6.07, 6.45) is 8.83. The Balaban J connectivity index is 0.960. The average molecular weight is 694 g/mol. The highest BCUT2D eigenvalue weighted by Gasteiger charge is 2.54. The monoisotopic (exact) mass is 693 g/mol. The standard InChI is InChI=1S/C37H46F3N7O3/c1-25(2)47(21-34(39)40)36(48)28-16-26(38)6-7-31(28)50-33-19-41-24-43-35(33)46-22-37(23-46)17-27(18-37)49-32-8-10-42-30-9-15-45(20-29(30)32)14-5-13-44-11-3-4-12-44/h6-8,10,16,19,24-25,27,34H,3-5,9,11-15,17-18,20-23H2,1-2H3. The van der Waals surface area contributed by atoms with E-state index in [-0.39, 0.29) is 22.8 Å². The molecule has 4 aliphatic rings. The Bertz CT molecular complexity index is 1660. The highest BCUT2D eigenvalue weighted by Crippen LogP contribution is 2.52. The van der Waals surface area contributed by atoms with Gasteiger partial charge in [0.2, 0.25) is 0 Å². The van der Waals surface area contributed by atoms with Gasteiger partial charge in [-0.15, -0.1) is 0 Å². The highest BCUT2D eigenvalue weighted by molar-refractivity contribution is 5.97. The molecule has 2 aromatic heterocycles. The van der Waals surface area contributed by atoms with E-state index in [0.29, 0.717) is 11.6 Å². The zero-order valence-corrected chi connectivity index (χ0v) is 28.9. The lowest BCUT2D eigenvalue weighted by atomic mass is 9.61. The summed E-state index contributed by atoms with van der Waals surface area (Å²) in [5.74, 6) is 0.446. The van der Waals surface area contributed by atoms with Gasteiger partial charge in [0, 0.05) is 61.5 Å². The van der Waals surface area contributed by atoms with Crippen LogP contribution < -0.4 is 14.4 Å². The summed E-state index contributed by atoms with van der Waals surface area (Å²) in [6.45, 7) is 10.7. The minimum Gasteiger partial charge on any atom is -0.490 e. The van der Waals surface area contributed by atoms with E-state index in [2.05, 4.69) is 29.7 Å². The number of aromatic nitrogens is 3. The number of amides is 1. The third kappa shape index (κ3) is 7.53. The molecule has 5 heterocycles. The van der Waals surface area contributed by atoms with Crippen molar-refractivity contribution in [3.8, 4) is 17.2 Å². The fraction of sp³-hybridized carbons (Fsp3) is 0.568. The van der Waals surface area contributed by atoms with E-state index < -0.39 is 30.7 Å². The molecule has 0 unspecified atom stereocenters. The van der Waals surface area contributed by atoms with Gasteiger partial charge in [-0.2, -0.15) is 0 Å². The van der Waals surface area contributed by atoms with Gasteiger partial charge in [-0.25, -0.2) is 23.1 Å². The van der Waals surface area contributed by atoms with Crippen molar-refractivity contribution in [1.29, 1.82) is 0 Å². The van der Waals surface area contributed by atoms with Crippen LogP contribution in [0.1, 0.15) is 67.6 Å². The van der Waals surface area contributed by atoms with E-state index in [4.69, 9.17) is 9.47 Å². The van der Waals surface area contributed by atoms with Crippen molar-refractivity contribution in [2.75, 3.05) is 57.3 Å². The van der Waals surface area contributed by atoms with Crippen molar-refractivity contribution in [2.45, 2.75) is 77.5 Å². The van der Waals surface area contributed by atoms with Crippen LogP contribution in [0.5, 0.6) is 17.2 Å². The minimum atomic E-state index is -2.73. The first-order valence-corrected chi connectivity index (χ1v) is 17.9. The number of anilines is 1. The summed E-state index contributed by atoms with van der Waals surface area (Å²) in [4.78, 5) is 34.8. The topological polar surface area (TPSA) is 87.2 Å². The number of alkyl halides is 2. The lowest BCUT2D eigenvalue weighted by Crippen LogP contribution is -2.65. The molecule has 1 spiro atoms. The number of hydrogen-bond donors (Lipinski definition) is 0. The average Bonchev–Trinajstić information content (AvgIpc) is 3.58. The number of likely N-dealkylation sites (tertiary alicyclic amines) is 1. The van der Waals surface area contributed by atoms with Crippen molar-refractivity contribution < 1.29 is 27.4 Å². The summed E-state index contributed by atoms with van der Waals surface area (Å²) in [6, 6.07) is 5.00. The molecule has 1 aliphatic carbocycles. The molecule has 0 radical (unpaired) electrons. The summed E-state index contributed by atoms with van der Waals surface area (Å²) < 4.78 is 53.6. The van der Waals surface area contributed by atoms with Crippen LogP contribution in [0.25, 0.3) is 0 Å². The second kappa shape index (κ2) is 14.7. The molecule has 0 bridgehead atoms. The van der Waals surface area contributed by atoms with E-state index >= 15 is 0 Å². The second-order valence-electron chi connectivity index (χ2n) is 14.6. The number of fused-ring (bicyclic) bond motifs is 1. The molecule has 268 valence electrons. The van der Waals surface area contributed by atoms with Crippen molar-refractivity contribution >= 4 is 11.7 Å². The quantitative estimate of drug-likeness (QED) is 0.220. The minimum absolute atomic E-state index is 0.0468. The zero-order chi connectivity index (χ0) is 34.8. The van der Waals surface area contributed by atoms with Gasteiger partial charge in [0.05, 0.1) is 18.3 Å². The maximum absolute atomic E-state index is 14.3. The van der Waals surface area contributed by atoms with Gasteiger partial charge in [-0.1, -0.05) is 0 Å². The van der Waals surface area contributed by atoms with E-state index in [1.165, 1.54) is 69.1 Å². The van der Waals surface area contributed by atoms with Gasteiger partial charge in [0.1, 0.15) is 29.7 Å². The van der Waals surface area contributed by atoms with Gasteiger partial charge < -0.3 is 24.2 Å². The van der Waals surface area contributed by atoms with E-state index in [0.717, 1.165) is 74.4 Å². The first-order valence-electron chi connectivity index (χ1n) is 17.9. The number of carbonyl (C=O) groups excluding carboxylic acids is 1. The smallest absolute Gasteiger partial charge is 0.258 e. The normalized spacial score (nSPS) is 19.1. The molecule has 1 saturated carbocycles. The second-order valence-corrected chi connectivity index (χ2v) is 14.6. The Morgan fingerprint density at radius 3 is 2.56 bits per heavy atom. The Morgan fingerprint density at radius 1 is 1.02 bits per heavy atom. The molecule has 0 N–H and O–H groups in total. The van der Waals surface area contributed by atoms with Crippen LogP contribution in [0, 0.1) is 11.2 Å². The van der Waals surface area contributed by atoms with Crippen molar-refractivity contribution in [3.63, 3.8) is 0 Å². The van der Waals surface area contributed by atoms with Gasteiger partial charge in [-0.3, -0.25) is 14.7 Å². The molecular weight excluding hydrogens is 647 g/mol. The molecule has 3 aliphatic heterocycles. The number of halogens is 3. The SMILES string of the molecule is CC(C)N(CC(F)F)C(=O)c1cc(F)ccc1Oc1cncnc1N1CC2(CC(Oc3ccnc4c3CN(CCCN3CCCC3)CC4)C2)C1. The number of benzene rings is 1. The number of rotatable bonds is 13. The van der Waals surface area contributed by atoms with Crippen LogP contribution >= 0.6 is 0 Å². The Hall–Kier alpha value is -3.97. The number of pyridine rings is 1. The predicted octanol–water partition coefficient (Wildman–Crippen LogP) is 5.81. The van der Waals surface area contributed by atoms with E-state index in [1.54, 1.807) is 13.8 Å². The number of nitrogens with zero attached hydrogens (tertiary/aromatic N) is 7. The van der Waals surface area contributed by atoms with Gasteiger partial charge in [0.25, 0.3) is 12.3 Å². The molecule has 0 atom stereocenters.